The molecule has 0 fully saturated rings. The minimum atomic E-state index is 0.842. The van der Waals surface area contributed by atoms with Crippen molar-refractivity contribution in [3.8, 4) is 15.5 Å². The molecule has 0 aromatic carbocycles. The third kappa shape index (κ3) is 3.58. The molecule has 92 valence electrons. The summed E-state index contributed by atoms with van der Waals surface area (Å²) < 4.78 is 5.86. The third-order valence-electron chi connectivity index (χ3n) is 2.63. The molecule has 0 aliphatic heterocycles. The summed E-state index contributed by atoms with van der Waals surface area (Å²) in [4.78, 5) is 2.58. The lowest BCUT2D eigenvalue weighted by Crippen LogP contribution is -1.96. The number of rotatable bonds is 7. The van der Waals surface area contributed by atoms with Crippen LogP contribution < -0.4 is 4.74 Å². The van der Waals surface area contributed by atoms with E-state index in [1.165, 1.54) is 29.0 Å². The van der Waals surface area contributed by atoms with E-state index in [1.807, 2.05) is 0 Å². The zero-order valence-electron chi connectivity index (χ0n) is 10.1. The van der Waals surface area contributed by atoms with E-state index < -0.39 is 0 Å². The molecule has 0 aliphatic carbocycles. The van der Waals surface area contributed by atoms with Gasteiger partial charge in [0, 0.05) is 4.88 Å². The Morgan fingerprint density at radius 3 is 2.76 bits per heavy atom. The first-order valence-corrected chi connectivity index (χ1v) is 7.92. The molecule has 0 N–H and O–H groups in total. The number of thiophene rings is 2. The van der Waals surface area contributed by atoms with E-state index in [-0.39, 0.29) is 0 Å². The fourth-order valence-electron chi connectivity index (χ4n) is 1.71. The second-order valence-corrected chi connectivity index (χ2v) is 5.86. The van der Waals surface area contributed by atoms with Crippen molar-refractivity contribution in [3.63, 3.8) is 0 Å². The lowest BCUT2D eigenvalue weighted by Gasteiger charge is -2.05. The van der Waals surface area contributed by atoms with E-state index in [4.69, 9.17) is 4.74 Å². The molecule has 2 rings (SSSR count). The van der Waals surface area contributed by atoms with Crippen molar-refractivity contribution in [2.75, 3.05) is 6.61 Å². The summed E-state index contributed by atoms with van der Waals surface area (Å²) in [5, 5.41) is 4.22. The summed E-state index contributed by atoms with van der Waals surface area (Å²) in [7, 11) is 0. The molecule has 1 nitrogen and oxygen atoms in total. The van der Waals surface area contributed by atoms with Crippen molar-refractivity contribution in [3.05, 3.63) is 29.0 Å². The number of hydrogen-bond acceptors (Lipinski definition) is 3. The number of ether oxygens (including phenoxy) is 1. The molecule has 0 aliphatic rings. The highest BCUT2D eigenvalue weighted by molar-refractivity contribution is 7.20. The van der Waals surface area contributed by atoms with Gasteiger partial charge in [0.05, 0.1) is 11.5 Å². The van der Waals surface area contributed by atoms with Crippen LogP contribution in [0.5, 0.6) is 5.75 Å². The molecule has 2 aromatic rings. The maximum Gasteiger partial charge on any atom is 0.138 e. The van der Waals surface area contributed by atoms with Crippen molar-refractivity contribution in [2.45, 2.75) is 32.6 Å². The molecule has 0 saturated carbocycles. The van der Waals surface area contributed by atoms with Crippen molar-refractivity contribution < 1.29 is 4.74 Å². The van der Waals surface area contributed by atoms with Crippen molar-refractivity contribution in [2.24, 2.45) is 0 Å². The molecular formula is C14H18OS2. The van der Waals surface area contributed by atoms with Crippen LogP contribution in [0, 0.1) is 0 Å². The standard InChI is InChI=1S/C14H18OS2/c1-2-3-4-5-9-15-12-8-11-17-14(12)13-7-6-10-16-13/h6-8,10-11H,2-5,9H2,1H3. The highest BCUT2D eigenvalue weighted by Crippen LogP contribution is 2.38. The Balaban J connectivity index is 1.87. The predicted molar refractivity (Wildman–Crippen MR) is 77.3 cm³/mol. The van der Waals surface area contributed by atoms with Crippen LogP contribution in [0.3, 0.4) is 0 Å². The molecule has 2 aromatic heterocycles. The molecule has 17 heavy (non-hydrogen) atoms. The van der Waals surface area contributed by atoms with E-state index >= 15 is 0 Å². The topological polar surface area (TPSA) is 9.23 Å². The summed E-state index contributed by atoms with van der Waals surface area (Å²) in [6.07, 6.45) is 5.02. The maximum atomic E-state index is 5.86. The van der Waals surface area contributed by atoms with Gasteiger partial charge in [0.15, 0.2) is 0 Å². The van der Waals surface area contributed by atoms with Crippen LogP contribution in [0.15, 0.2) is 29.0 Å². The highest BCUT2D eigenvalue weighted by atomic mass is 32.1. The molecule has 0 unspecified atom stereocenters. The van der Waals surface area contributed by atoms with Gasteiger partial charge in [-0.2, -0.15) is 0 Å². The van der Waals surface area contributed by atoms with Crippen LogP contribution in [0.1, 0.15) is 32.6 Å². The third-order valence-corrected chi connectivity index (χ3v) is 4.58. The van der Waals surface area contributed by atoms with Gasteiger partial charge in [0.2, 0.25) is 0 Å². The molecule has 0 saturated heterocycles. The number of unbranched alkanes of at least 4 members (excludes halogenated alkanes) is 3. The van der Waals surface area contributed by atoms with Gasteiger partial charge in [-0.1, -0.05) is 32.3 Å². The van der Waals surface area contributed by atoms with Gasteiger partial charge in [0.1, 0.15) is 5.75 Å². The molecule has 0 bridgehead atoms. The van der Waals surface area contributed by atoms with Crippen molar-refractivity contribution in [1.29, 1.82) is 0 Å². The van der Waals surface area contributed by atoms with Crippen molar-refractivity contribution >= 4 is 22.7 Å². The van der Waals surface area contributed by atoms with Gasteiger partial charge in [0.25, 0.3) is 0 Å². The Labute approximate surface area is 111 Å². The largest absolute Gasteiger partial charge is 0.492 e. The molecule has 0 radical (unpaired) electrons. The van der Waals surface area contributed by atoms with Gasteiger partial charge in [-0.15, -0.1) is 22.7 Å². The molecule has 0 spiro atoms. The fraction of sp³-hybridized carbons (Fsp3) is 0.429. The van der Waals surface area contributed by atoms with Crippen molar-refractivity contribution in [1.82, 2.24) is 0 Å². The predicted octanol–water partition coefficient (Wildman–Crippen LogP) is 5.44. The van der Waals surface area contributed by atoms with Crippen LogP contribution >= 0.6 is 22.7 Å². The van der Waals surface area contributed by atoms with Gasteiger partial charge in [-0.25, -0.2) is 0 Å². The first-order valence-electron chi connectivity index (χ1n) is 6.16. The SMILES string of the molecule is CCCCCCOc1ccsc1-c1cccs1. The van der Waals surface area contributed by atoms with Gasteiger partial charge in [-0.3, -0.25) is 0 Å². The Bertz CT molecular complexity index is 417. The summed E-state index contributed by atoms with van der Waals surface area (Å²) >= 11 is 3.53. The Kier molecular flexibility index (Phi) is 5.08. The van der Waals surface area contributed by atoms with Gasteiger partial charge in [-0.05, 0) is 29.3 Å². The highest BCUT2D eigenvalue weighted by Gasteiger charge is 2.08. The minimum Gasteiger partial charge on any atom is -0.492 e. The summed E-state index contributed by atoms with van der Waals surface area (Å²) in [6.45, 7) is 3.07. The smallest absolute Gasteiger partial charge is 0.138 e. The van der Waals surface area contributed by atoms with Crippen LogP contribution in [-0.4, -0.2) is 6.61 Å². The first-order chi connectivity index (χ1) is 8.42. The summed E-state index contributed by atoms with van der Waals surface area (Å²) in [5.74, 6) is 1.05. The van der Waals surface area contributed by atoms with Crippen LogP contribution in [-0.2, 0) is 0 Å². The second-order valence-electron chi connectivity index (χ2n) is 4.00. The second kappa shape index (κ2) is 6.82. The lowest BCUT2D eigenvalue weighted by molar-refractivity contribution is 0.307. The first kappa shape index (κ1) is 12.7. The zero-order valence-corrected chi connectivity index (χ0v) is 11.8. The monoisotopic (exact) mass is 266 g/mol. The van der Waals surface area contributed by atoms with Crippen LogP contribution in [0.25, 0.3) is 9.75 Å². The molecule has 3 heteroatoms. The van der Waals surface area contributed by atoms with E-state index in [0.717, 1.165) is 18.8 Å². The lowest BCUT2D eigenvalue weighted by atomic mass is 10.2. The number of hydrogen-bond donors (Lipinski definition) is 0. The van der Waals surface area contributed by atoms with E-state index in [1.54, 1.807) is 22.7 Å². The van der Waals surface area contributed by atoms with Crippen LogP contribution in [0.2, 0.25) is 0 Å². The Morgan fingerprint density at radius 1 is 1.06 bits per heavy atom. The fourth-order valence-corrected chi connectivity index (χ4v) is 3.42. The average Bonchev–Trinajstić information content (AvgIpc) is 2.98. The summed E-state index contributed by atoms with van der Waals surface area (Å²) in [6, 6.07) is 6.32. The Hall–Kier alpha value is -0.800. The van der Waals surface area contributed by atoms with E-state index in [2.05, 4.69) is 35.9 Å². The molecule has 0 atom stereocenters. The van der Waals surface area contributed by atoms with Crippen LogP contribution in [0.4, 0.5) is 0 Å². The minimum absolute atomic E-state index is 0.842. The normalized spacial score (nSPS) is 10.6. The molecular weight excluding hydrogens is 248 g/mol. The van der Waals surface area contributed by atoms with E-state index in [0.29, 0.717) is 0 Å². The zero-order chi connectivity index (χ0) is 11.9. The van der Waals surface area contributed by atoms with E-state index in [9.17, 15) is 0 Å². The maximum absolute atomic E-state index is 5.86. The molecule has 0 amide bonds. The van der Waals surface area contributed by atoms with Gasteiger partial charge < -0.3 is 4.74 Å². The van der Waals surface area contributed by atoms with Gasteiger partial charge >= 0.3 is 0 Å². The molecule has 2 heterocycles. The quantitative estimate of drug-likeness (QED) is 0.607. The average molecular weight is 266 g/mol. The summed E-state index contributed by atoms with van der Waals surface area (Å²) in [5.41, 5.74) is 0. The Morgan fingerprint density at radius 2 is 2.00 bits per heavy atom.